The molecule has 3 atom stereocenters. The van der Waals surface area contributed by atoms with Crippen molar-refractivity contribution < 1.29 is 30.6 Å². The summed E-state index contributed by atoms with van der Waals surface area (Å²) in [7, 11) is -4.94. The van der Waals surface area contributed by atoms with E-state index in [2.05, 4.69) is 4.72 Å². The Balaban J connectivity index is 1.53. The standard InChI is InChI=1S/C26H31FN2O4S/c1-17(2)34(31,32)28-24-21(29(16-26(24)12-13-26)25(30)22-11-14-33-22)15-19-9-6-10-20(23(19)27)18-7-4-3-5-8-18/h3-10,17,21-22,24,28H,11-16H2,1-2H3/t21-,22?,24+/m0/s1/i1D3,2D3. The van der Waals surface area contributed by atoms with Crippen molar-refractivity contribution in [3.05, 3.63) is 59.9 Å². The monoisotopic (exact) mass is 492 g/mol. The molecule has 182 valence electrons. The number of hydrogen-bond donors (Lipinski definition) is 1. The summed E-state index contributed by atoms with van der Waals surface area (Å²) < 4.78 is 96.6. The Kier molecular flexibility index (Phi) is 4.42. The minimum atomic E-state index is -4.94. The maximum Gasteiger partial charge on any atom is 0.252 e. The molecule has 34 heavy (non-hydrogen) atoms. The van der Waals surface area contributed by atoms with Crippen LogP contribution in [0.15, 0.2) is 48.5 Å². The second-order valence-corrected chi connectivity index (χ2v) is 11.2. The lowest BCUT2D eigenvalue weighted by Gasteiger charge is -2.34. The molecule has 1 saturated carbocycles. The molecule has 1 N–H and O–H groups in total. The van der Waals surface area contributed by atoms with Gasteiger partial charge in [0, 0.05) is 38.2 Å². The van der Waals surface area contributed by atoms with Gasteiger partial charge in [-0.3, -0.25) is 4.79 Å². The largest absolute Gasteiger partial charge is 0.368 e. The number of nitrogens with zero attached hydrogens (tertiary/aromatic N) is 1. The van der Waals surface area contributed by atoms with Gasteiger partial charge in [0.2, 0.25) is 10.0 Å². The summed E-state index contributed by atoms with van der Waals surface area (Å²) in [5.74, 6) is -0.853. The highest BCUT2D eigenvalue weighted by Gasteiger charge is 2.62. The van der Waals surface area contributed by atoms with E-state index < -0.39 is 58.4 Å². The Bertz CT molecular complexity index is 1360. The van der Waals surface area contributed by atoms with E-state index in [1.54, 1.807) is 42.5 Å². The second kappa shape index (κ2) is 8.73. The average Bonchev–Trinajstić information content (AvgIpc) is 3.52. The zero-order valence-electron chi connectivity index (χ0n) is 24.5. The molecule has 1 amide bonds. The minimum Gasteiger partial charge on any atom is -0.368 e. The normalized spacial score (nSPS) is 28.9. The van der Waals surface area contributed by atoms with Crippen LogP contribution in [0.1, 0.15) is 46.8 Å². The summed E-state index contributed by atoms with van der Waals surface area (Å²) in [5, 5.41) is -2.66. The highest BCUT2D eigenvalue weighted by Crippen LogP contribution is 2.56. The molecule has 3 fully saturated rings. The molecule has 1 aliphatic carbocycles. The zero-order valence-corrected chi connectivity index (χ0v) is 19.4. The smallest absolute Gasteiger partial charge is 0.252 e. The van der Waals surface area contributed by atoms with Gasteiger partial charge in [-0.25, -0.2) is 17.5 Å². The van der Waals surface area contributed by atoms with Crippen LogP contribution < -0.4 is 4.72 Å². The molecule has 2 aromatic carbocycles. The molecule has 2 saturated heterocycles. The molecular formula is C26H31FN2O4S. The van der Waals surface area contributed by atoms with Gasteiger partial charge in [0.25, 0.3) is 5.91 Å². The van der Waals surface area contributed by atoms with Crippen molar-refractivity contribution in [3.63, 3.8) is 0 Å². The van der Waals surface area contributed by atoms with E-state index in [-0.39, 0.29) is 24.4 Å². The molecular weight excluding hydrogens is 455 g/mol. The van der Waals surface area contributed by atoms with Crippen LogP contribution in [0.4, 0.5) is 4.39 Å². The molecule has 2 heterocycles. The predicted molar refractivity (Wildman–Crippen MR) is 128 cm³/mol. The van der Waals surface area contributed by atoms with E-state index in [0.29, 0.717) is 37.0 Å². The first-order chi connectivity index (χ1) is 18.6. The van der Waals surface area contributed by atoms with Crippen LogP contribution in [0, 0.1) is 11.2 Å². The predicted octanol–water partition coefficient (Wildman–Crippen LogP) is 3.51. The SMILES string of the molecule is [2H]C([2H])([2H])C(C([2H])([2H])[2H])S(=O)(=O)N[C@@H]1[C@H](Cc2cccc(-c3ccccc3)c2F)N(C(=O)C2CCO2)CC12CC2. The number of carbonyl (C=O) groups excluding carboxylic acids is 1. The van der Waals surface area contributed by atoms with E-state index in [1.807, 2.05) is 6.07 Å². The fraction of sp³-hybridized carbons (Fsp3) is 0.500. The molecule has 8 heteroatoms. The van der Waals surface area contributed by atoms with Crippen LogP contribution in [-0.4, -0.2) is 55.8 Å². The third-order valence-electron chi connectivity index (χ3n) is 7.27. The van der Waals surface area contributed by atoms with E-state index in [1.165, 1.54) is 4.90 Å². The minimum absolute atomic E-state index is 0.0634. The number of ether oxygens (including phenoxy) is 1. The van der Waals surface area contributed by atoms with Crippen molar-refractivity contribution in [2.75, 3.05) is 13.2 Å². The molecule has 3 aliphatic rings. The number of halogens is 1. The molecule has 0 radical (unpaired) electrons. The highest BCUT2D eigenvalue weighted by atomic mass is 32.2. The van der Waals surface area contributed by atoms with Gasteiger partial charge in [-0.2, -0.15) is 0 Å². The first-order valence-electron chi connectivity index (χ1n) is 14.4. The maximum absolute atomic E-state index is 15.9. The molecule has 5 rings (SSSR count). The number of hydrogen-bond acceptors (Lipinski definition) is 4. The third-order valence-corrected chi connectivity index (χ3v) is 8.48. The van der Waals surface area contributed by atoms with Gasteiger partial charge in [0.05, 0.1) is 17.9 Å². The Morgan fingerprint density at radius 3 is 2.59 bits per heavy atom. The van der Waals surface area contributed by atoms with Crippen LogP contribution >= 0.6 is 0 Å². The summed E-state index contributed by atoms with van der Waals surface area (Å²) in [6, 6.07) is 11.9. The van der Waals surface area contributed by atoms with Gasteiger partial charge in [-0.1, -0.05) is 48.5 Å². The number of benzene rings is 2. The highest BCUT2D eigenvalue weighted by molar-refractivity contribution is 7.90. The van der Waals surface area contributed by atoms with Gasteiger partial charge in [-0.15, -0.1) is 0 Å². The summed E-state index contributed by atoms with van der Waals surface area (Å²) in [4.78, 5) is 14.9. The Morgan fingerprint density at radius 2 is 1.97 bits per heavy atom. The summed E-state index contributed by atoms with van der Waals surface area (Å²) in [6.07, 6.45) is 0.844. The Labute approximate surface area is 209 Å². The van der Waals surface area contributed by atoms with E-state index in [9.17, 15) is 13.2 Å². The van der Waals surface area contributed by atoms with Crippen molar-refractivity contribution >= 4 is 15.9 Å². The van der Waals surface area contributed by atoms with Crippen LogP contribution in [0.5, 0.6) is 0 Å². The van der Waals surface area contributed by atoms with E-state index >= 15 is 4.39 Å². The van der Waals surface area contributed by atoms with Crippen molar-refractivity contribution in [1.29, 1.82) is 0 Å². The summed E-state index contributed by atoms with van der Waals surface area (Å²) in [5.41, 5.74) is 0.542. The van der Waals surface area contributed by atoms with Crippen LogP contribution in [0.3, 0.4) is 0 Å². The van der Waals surface area contributed by atoms with Gasteiger partial charge < -0.3 is 9.64 Å². The average molecular weight is 493 g/mol. The first-order valence-corrected chi connectivity index (χ1v) is 12.9. The molecule has 1 spiro atoms. The lowest BCUT2D eigenvalue weighted by Crippen LogP contribution is -2.53. The maximum atomic E-state index is 15.9. The van der Waals surface area contributed by atoms with Crippen LogP contribution in [0.2, 0.25) is 0 Å². The molecule has 0 aromatic heterocycles. The summed E-state index contributed by atoms with van der Waals surface area (Å²) in [6.45, 7) is -6.06. The number of nitrogens with one attached hydrogen (secondary N) is 1. The Morgan fingerprint density at radius 1 is 1.24 bits per heavy atom. The Hall–Kier alpha value is -2.29. The van der Waals surface area contributed by atoms with E-state index in [4.69, 9.17) is 13.0 Å². The van der Waals surface area contributed by atoms with Gasteiger partial charge in [-0.05, 0) is 44.1 Å². The third kappa shape index (κ3) is 4.16. The lowest BCUT2D eigenvalue weighted by atomic mass is 9.91. The summed E-state index contributed by atoms with van der Waals surface area (Å²) >= 11 is 0. The first kappa shape index (κ1) is 17.2. The molecule has 2 aromatic rings. The second-order valence-electron chi connectivity index (χ2n) is 9.41. The fourth-order valence-electron chi connectivity index (χ4n) is 5.11. The molecule has 0 bridgehead atoms. The van der Waals surface area contributed by atoms with Gasteiger partial charge in [0.1, 0.15) is 11.9 Å². The van der Waals surface area contributed by atoms with Crippen molar-refractivity contribution in [1.82, 2.24) is 9.62 Å². The van der Waals surface area contributed by atoms with Crippen LogP contribution in [0.25, 0.3) is 11.1 Å². The van der Waals surface area contributed by atoms with Crippen molar-refractivity contribution in [3.8, 4) is 11.1 Å². The molecule has 2 aliphatic heterocycles. The van der Waals surface area contributed by atoms with Crippen molar-refractivity contribution in [2.24, 2.45) is 5.41 Å². The van der Waals surface area contributed by atoms with Crippen molar-refractivity contribution in [2.45, 2.75) is 62.8 Å². The number of sulfonamides is 1. The van der Waals surface area contributed by atoms with E-state index in [0.717, 1.165) is 0 Å². The van der Waals surface area contributed by atoms with Gasteiger partial charge >= 0.3 is 0 Å². The number of carbonyl (C=O) groups is 1. The fourth-order valence-corrected chi connectivity index (χ4v) is 6.01. The zero-order chi connectivity index (χ0) is 29.1. The van der Waals surface area contributed by atoms with Gasteiger partial charge in [0.15, 0.2) is 0 Å². The molecule has 6 nitrogen and oxygen atoms in total. The lowest BCUT2D eigenvalue weighted by molar-refractivity contribution is -0.157. The molecule has 1 unspecified atom stereocenters. The number of amides is 1. The van der Waals surface area contributed by atoms with Crippen LogP contribution in [-0.2, 0) is 26.0 Å². The number of rotatable bonds is 7. The number of likely N-dealkylation sites (tertiary alicyclic amines) is 1. The quantitative estimate of drug-likeness (QED) is 0.642. The topological polar surface area (TPSA) is 75.7 Å².